The molecule has 1 aliphatic heterocycles. The van der Waals surface area contributed by atoms with Gasteiger partial charge in [-0.1, -0.05) is 19.1 Å². The van der Waals surface area contributed by atoms with E-state index in [-0.39, 0.29) is 5.54 Å². The summed E-state index contributed by atoms with van der Waals surface area (Å²) in [4.78, 5) is 2.49. The zero-order valence-electron chi connectivity index (χ0n) is 11.6. The summed E-state index contributed by atoms with van der Waals surface area (Å²) in [5, 5.41) is 3.68. The molecule has 0 radical (unpaired) electrons. The van der Waals surface area contributed by atoms with Gasteiger partial charge < -0.3 is 16.0 Å². The maximum absolute atomic E-state index is 6.03. The van der Waals surface area contributed by atoms with Crippen molar-refractivity contribution in [3.8, 4) is 0 Å². The number of rotatable bonds is 4. The molecule has 1 fully saturated rings. The quantitative estimate of drug-likeness (QED) is 0.857. The van der Waals surface area contributed by atoms with Gasteiger partial charge in [0.15, 0.2) is 0 Å². The van der Waals surface area contributed by atoms with E-state index in [2.05, 4.69) is 48.3 Å². The molecule has 1 heterocycles. The van der Waals surface area contributed by atoms with Gasteiger partial charge in [-0.25, -0.2) is 0 Å². The summed E-state index contributed by atoms with van der Waals surface area (Å²) in [6.45, 7) is 8.49. The number of anilines is 1. The van der Waals surface area contributed by atoms with Gasteiger partial charge >= 0.3 is 0 Å². The fourth-order valence-corrected chi connectivity index (χ4v) is 2.71. The topological polar surface area (TPSA) is 41.3 Å². The van der Waals surface area contributed by atoms with Crippen molar-refractivity contribution in [1.82, 2.24) is 4.90 Å². The van der Waals surface area contributed by atoms with E-state index < -0.39 is 0 Å². The summed E-state index contributed by atoms with van der Waals surface area (Å²) in [5.41, 5.74) is 8.60. The minimum absolute atomic E-state index is 0.0828. The molecule has 3 heteroatoms. The maximum atomic E-state index is 6.03. The summed E-state index contributed by atoms with van der Waals surface area (Å²) in [6, 6.07) is 8.56. The van der Waals surface area contributed by atoms with Crippen molar-refractivity contribution in [2.45, 2.75) is 32.2 Å². The average molecular weight is 247 g/mol. The second kappa shape index (κ2) is 5.72. The van der Waals surface area contributed by atoms with E-state index in [1.165, 1.54) is 11.3 Å². The zero-order chi connectivity index (χ0) is 13.0. The predicted octanol–water partition coefficient (Wildman–Crippen LogP) is 2.22. The molecule has 0 aromatic heterocycles. The number of nitrogens with zero attached hydrogens (tertiary/aromatic N) is 1. The molecule has 0 bridgehead atoms. The zero-order valence-corrected chi connectivity index (χ0v) is 11.6. The van der Waals surface area contributed by atoms with E-state index in [0.29, 0.717) is 6.54 Å². The Labute approximate surface area is 110 Å². The van der Waals surface area contributed by atoms with Gasteiger partial charge in [-0.2, -0.15) is 0 Å². The first-order valence-corrected chi connectivity index (χ1v) is 6.95. The van der Waals surface area contributed by atoms with Gasteiger partial charge in [-0.3, -0.25) is 0 Å². The molecule has 1 aromatic rings. The van der Waals surface area contributed by atoms with E-state index in [9.17, 15) is 0 Å². The van der Waals surface area contributed by atoms with Crippen LogP contribution in [0.2, 0.25) is 0 Å². The van der Waals surface area contributed by atoms with Gasteiger partial charge in [0.1, 0.15) is 0 Å². The average Bonchev–Trinajstić information content (AvgIpc) is 2.39. The van der Waals surface area contributed by atoms with E-state index >= 15 is 0 Å². The van der Waals surface area contributed by atoms with Crippen molar-refractivity contribution in [2.24, 2.45) is 5.73 Å². The van der Waals surface area contributed by atoms with Crippen LogP contribution in [0.4, 0.5) is 5.69 Å². The molecule has 1 saturated heterocycles. The smallest absolute Gasteiger partial charge is 0.0520 e. The van der Waals surface area contributed by atoms with Gasteiger partial charge in [-0.15, -0.1) is 0 Å². The van der Waals surface area contributed by atoms with Gasteiger partial charge in [-0.05, 0) is 44.0 Å². The molecule has 0 amide bonds. The summed E-state index contributed by atoms with van der Waals surface area (Å²) < 4.78 is 0. The number of piperidine rings is 1. The molecular weight excluding hydrogens is 222 g/mol. The molecule has 100 valence electrons. The lowest BCUT2D eigenvalue weighted by atomic mass is 9.87. The number of nitrogens with two attached hydrogens (primary N) is 1. The monoisotopic (exact) mass is 247 g/mol. The summed E-state index contributed by atoms with van der Waals surface area (Å²) in [6.07, 6.45) is 2.26. The molecule has 2 rings (SSSR count). The van der Waals surface area contributed by atoms with Gasteiger partial charge in [0.25, 0.3) is 0 Å². The van der Waals surface area contributed by atoms with Gasteiger partial charge in [0.2, 0.25) is 0 Å². The third kappa shape index (κ3) is 3.03. The third-order valence-corrected chi connectivity index (χ3v) is 4.08. The Morgan fingerprint density at radius 3 is 2.61 bits per heavy atom. The van der Waals surface area contributed by atoms with E-state index in [1.807, 2.05) is 0 Å². The number of hydrogen-bond acceptors (Lipinski definition) is 3. The molecule has 0 saturated carbocycles. The molecule has 0 atom stereocenters. The first-order chi connectivity index (χ1) is 8.67. The van der Waals surface area contributed by atoms with E-state index in [1.54, 1.807) is 0 Å². The minimum atomic E-state index is 0.0828. The minimum Gasteiger partial charge on any atom is -0.378 e. The van der Waals surface area contributed by atoms with Gasteiger partial charge in [0, 0.05) is 25.3 Å². The number of aryl methyl sites for hydroxylation is 1. The standard InChI is InChI=1S/C15H25N3/c1-3-18-9-7-15(12-16,8-10-18)17-14-6-4-5-13(2)11-14/h4-6,11,17H,3,7-10,12,16H2,1-2H3. The highest BCUT2D eigenvalue weighted by Gasteiger charge is 2.32. The highest BCUT2D eigenvalue weighted by Crippen LogP contribution is 2.26. The van der Waals surface area contributed by atoms with Crippen molar-refractivity contribution in [3.63, 3.8) is 0 Å². The Kier molecular flexibility index (Phi) is 4.25. The van der Waals surface area contributed by atoms with Crippen LogP contribution in [0, 0.1) is 6.92 Å². The number of nitrogens with one attached hydrogen (secondary N) is 1. The van der Waals surface area contributed by atoms with Crippen molar-refractivity contribution >= 4 is 5.69 Å². The molecule has 18 heavy (non-hydrogen) atoms. The van der Waals surface area contributed by atoms with Crippen LogP contribution in [0.5, 0.6) is 0 Å². The fraction of sp³-hybridized carbons (Fsp3) is 0.600. The lowest BCUT2D eigenvalue weighted by Crippen LogP contribution is -2.53. The van der Waals surface area contributed by atoms with Crippen LogP contribution < -0.4 is 11.1 Å². The van der Waals surface area contributed by atoms with Crippen molar-refractivity contribution in [2.75, 3.05) is 31.5 Å². The number of benzene rings is 1. The van der Waals surface area contributed by atoms with Crippen LogP contribution in [0.1, 0.15) is 25.3 Å². The van der Waals surface area contributed by atoms with Crippen molar-refractivity contribution < 1.29 is 0 Å². The first-order valence-electron chi connectivity index (χ1n) is 6.95. The molecule has 0 spiro atoms. The third-order valence-electron chi connectivity index (χ3n) is 4.08. The van der Waals surface area contributed by atoms with Crippen LogP contribution in [0.25, 0.3) is 0 Å². The molecule has 3 N–H and O–H groups in total. The van der Waals surface area contributed by atoms with Crippen LogP contribution >= 0.6 is 0 Å². The molecule has 3 nitrogen and oxygen atoms in total. The van der Waals surface area contributed by atoms with Crippen LogP contribution in [-0.2, 0) is 0 Å². The predicted molar refractivity (Wildman–Crippen MR) is 77.9 cm³/mol. The Hall–Kier alpha value is -1.06. The van der Waals surface area contributed by atoms with Crippen LogP contribution in [0.15, 0.2) is 24.3 Å². The maximum Gasteiger partial charge on any atom is 0.0520 e. The Morgan fingerprint density at radius 1 is 1.33 bits per heavy atom. The molecule has 1 aliphatic rings. The Morgan fingerprint density at radius 2 is 2.06 bits per heavy atom. The molecule has 1 aromatic carbocycles. The Balaban J connectivity index is 2.05. The first kappa shape index (κ1) is 13.4. The van der Waals surface area contributed by atoms with Crippen LogP contribution in [-0.4, -0.2) is 36.6 Å². The largest absolute Gasteiger partial charge is 0.378 e. The molecular formula is C15H25N3. The van der Waals surface area contributed by atoms with Crippen LogP contribution in [0.3, 0.4) is 0 Å². The lowest BCUT2D eigenvalue weighted by Gasteiger charge is -2.42. The summed E-state index contributed by atoms with van der Waals surface area (Å²) >= 11 is 0. The SMILES string of the molecule is CCN1CCC(CN)(Nc2cccc(C)c2)CC1. The number of likely N-dealkylation sites (tertiary alicyclic amines) is 1. The highest BCUT2D eigenvalue weighted by atomic mass is 15.2. The number of hydrogen-bond donors (Lipinski definition) is 2. The van der Waals surface area contributed by atoms with Crippen molar-refractivity contribution in [3.05, 3.63) is 29.8 Å². The van der Waals surface area contributed by atoms with E-state index in [4.69, 9.17) is 5.73 Å². The summed E-state index contributed by atoms with van der Waals surface area (Å²) in [7, 11) is 0. The molecule has 0 unspecified atom stereocenters. The Bertz CT molecular complexity index is 381. The highest BCUT2D eigenvalue weighted by molar-refractivity contribution is 5.48. The fourth-order valence-electron chi connectivity index (χ4n) is 2.71. The van der Waals surface area contributed by atoms with E-state index in [0.717, 1.165) is 32.5 Å². The van der Waals surface area contributed by atoms with Crippen molar-refractivity contribution in [1.29, 1.82) is 0 Å². The molecule has 0 aliphatic carbocycles. The summed E-state index contributed by atoms with van der Waals surface area (Å²) in [5.74, 6) is 0. The second-order valence-electron chi connectivity index (χ2n) is 5.41. The van der Waals surface area contributed by atoms with Gasteiger partial charge in [0.05, 0.1) is 5.54 Å². The normalized spacial score (nSPS) is 19.7. The lowest BCUT2D eigenvalue weighted by molar-refractivity contribution is 0.184. The second-order valence-corrected chi connectivity index (χ2v) is 5.41.